The van der Waals surface area contributed by atoms with Crippen LogP contribution in [0.1, 0.15) is 26.2 Å². The number of Topliss-reactive ketones (excluding diaryl/α,β-unsaturated/α-hetero) is 2. The van der Waals surface area contributed by atoms with Crippen molar-refractivity contribution in [3.8, 4) is 0 Å². The van der Waals surface area contributed by atoms with Crippen LogP contribution in [0.25, 0.3) is 0 Å². The first kappa shape index (κ1) is 10.0. The van der Waals surface area contributed by atoms with Gasteiger partial charge in [0.05, 0.1) is 0 Å². The highest BCUT2D eigenvalue weighted by Crippen LogP contribution is 2.64. The first-order valence-corrected chi connectivity index (χ1v) is 6.99. The second-order valence-electron chi connectivity index (χ2n) is 6.31. The van der Waals surface area contributed by atoms with Gasteiger partial charge in [0.1, 0.15) is 11.6 Å². The Bertz CT molecular complexity index is 436. The molecule has 2 heteroatoms. The van der Waals surface area contributed by atoms with E-state index < -0.39 is 0 Å². The Balaban J connectivity index is 1.73. The summed E-state index contributed by atoms with van der Waals surface area (Å²) in [5.41, 5.74) is 0. The van der Waals surface area contributed by atoms with Crippen molar-refractivity contribution in [1.29, 1.82) is 0 Å². The van der Waals surface area contributed by atoms with E-state index in [1.54, 1.807) is 0 Å². The zero-order valence-electron chi connectivity index (χ0n) is 10.1. The summed E-state index contributed by atoms with van der Waals surface area (Å²) in [6.45, 7) is 2.19. The van der Waals surface area contributed by atoms with E-state index in [1.165, 1.54) is 6.42 Å². The molecule has 7 unspecified atom stereocenters. The number of rotatable bonds is 2. The molecule has 90 valence electrons. The Hall–Kier alpha value is -0.920. The molecule has 0 aromatic heterocycles. The molecule has 0 aromatic rings. The van der Waals surface area contributed by atoms with Gasteiger partial charge in [-0.25, -0.2) is 0 Å². The van der Waals surface area contributed by atoms with Crippen LogP contribution < -0.4 is 0 Å². The van der Waals surface area contributed by atoms with Crippen molar-refractivity contribution < 1.29 is 9.59 Å². The summed E-state index contributed by atoms with van der Waals surface area (Å²) in [5, 5.41) is 0. The monoisotopic (exact) mass is 230 g/mol. The van der Waals surface area contributed by atoms with Crippen LogP contribution in [0.15, 0.2) is 12.2 Å². The smallest absolute Gasteiger partial charge is 0.147 e. The van der Waals surface area contributed by atoms with Crippen LogP contribution in [0, 0.1) is 41.4 Å². The van der Waals surface area contributed by atoms with Crippen molar-refractivity contribution in [1.82, 2.24) is 0 Å². The SMILES string of the molecule is CCCC1CC2C(=O)C1C1C3C=CC(C3=O)C21. The van der Waals surface area contributed by atoms with E-state index in [1.807, 2.05) is 0 Å². The van der Waals surface area contributed by atoms with Crippen LogP contribution in [-0.4, -0.2) is 11.6 Å². The van der Waals surface area contributed by atoms with Gasteiger partial charge in [-0.3, -0.25) is 9.59 Å². The average Bonchev–Trinajstić information content (AvgIpc) is 2.98. The molecule has 4 aliphatic carbocycles. The van der Waals surface area contributed by atoms with E-state index in [0.717, 1.165) is 12.8 Å². The van der Waals surface area contributed by atoms with E-state index in [9.17, 15) is 9.59 Å². The minimum Gasteiger partial charge on any atom is -0.299 e. The summed E-state index contributed by atoms with van der Waals surface area (Å²) in [6.07, 6.45) is 7.58. The summed E-state index contributed by atoms with van der Waals surface area (Å²) in [7, 11) is 0. The quantitative estimate of drug-likeness (QED) is 0.538. The molecule has 7 atom stereocenters. The van der Waals surface area contributed by atoms with E-state index in [-0.39, 0.29) is 23.7 Å². The maximum atomic E-state index is 12.4. The van der Waals surface area contributed by atoms with Gasteiger partial charge in [0.2, 0.25) is 0 Å². The Kier molecular flexibility index (Phi) is 1.83. The van der Waals surface area contributed by atoms with Gasteiger partial charge in [-0.05, 0) is 30.6 Å². The molecule has 17 heavy (non-hydrogen) atoms. The lowest BCUT2D eigenvalue weighted by Crippen LogP contribution is -2.31. The molecular weight excluding hydrogens is 212 g/mol. The molecule has 4 rings (SSSR count). The average molecular weight is 230 g/mol. The van der Waals surface area contributed by atoms with E-state index in [4.69, 9.17) is 0 Å². The van der Waals surface area contributed by atoms with Crippen molar-refractivity contribution in [3.05, 3.63) is 12.2 Å². The van der Waals surface area contributed by atoms with Gasteiger partial charge in [0, 0.05) is 23.7 Å². The Labute approximate surface area is 101 Å². The van der Waals surface area contributed by atoms with Crippen LogP contribution >= 0.6 is 0 Å². The highest BCUT2D eigenvalue weighted by Gasteiger charge is 2.67. The first-order chi connectivity index (χ1) is 8.24. The molecule has 2 nitrogen and oxygen atoms in total. The van der Waals surface area contributed by atoms with Gasteiger partial charge in [-0.2, -0.15) is 0 Å². The molecule has 0 radical (unpaired) electrons. The third-order valence-electron chi connectivity index (χ3n) is 5.75. The molecule has 0 heterocycles. The number of carbonyl (C=O) groups excluding carboxylic acids is 2. The van der Waals surface area contributed by atoms with Crippen molar-refractivity contribution in [2.75, 3.05) is 0 Å². The largest absolute Gasteiger partial charge is 0.299 e. The summed E-state index contributed by atoms with van der Waals surface area (Å²) in [4.78, 5) is 24.5. The summed E-state index contributed by atoms with van der Waals surface area (Å²) in [6, 6.07) is 0. The first-order valence-electron chi connectivity index (χ1n) is 6.99. The maximum absolute atomic E-state index is 12.4. The van der Waals surface area contributed by atoms with Crippen LogP contribution in [0.2, 0.25) is 0 Å². The number of hydrogen-bond donors (Lipinski definition) is 0. The van der Waals surface area contributed by atoms with Crippen LogP contribution in [0.5, 0.6) is 0 Å². The summed E-state index contributed by atoms with van der Waals surface area (Å²) in [5.74, 6) is 2.95. The molecule has 0 saturated heterocycles. The fourth-order valence-corrected chi connectivity index (χ4v) is 5.33. The molecular formula is C15H18O2. The second kappa shape index (κ2) is 3.09. The minimum atomic E-state index is 0.101. The van der Waals surface area contributed by atoms with Crippen molar-refractivity contribution in [2.45, 2.75) is 26.2 Å². The number of fused-ring (bicyclic) bond motifs is 9. The molecule has 0 spiro atoms. The summed E-state index contributed by atoms with van der Waals surface area (Å²) >= 11 is 0. The van der Waals surface area contributed by atoms with Crippen LogP contribution in [0.4, 0.5) is 0 Å². The Morgan fingerprint density at radius 2 is 1.82 bits per heavy atom. The third-order valence-corrected chi connectivity index (χ3v) is 5.75. The van der Waals surface area contributed by atoms with Gasteiger partial charge in [0.15, 0.2) is 0 Å². The standard InChI is InChI=1S/C15H18O2/c1-2-3-7-6-10-12-8-4-5-9(14(8)16)13(12)11(7)15(10)17/h4-5,7-13H,2-3,6H2,1H3. The molecule has 0 N–H and O–H groups in total. The van der Waals surface area contributed by atoms with Crippen molar-refractivity contribution in [3.63, 3.8) is 0 Å². The lowest BCUT2D eigenvalue weighted by molar-refractivity contribution is -0.125. The van der Waals surface area contributed by atoms with Gasteiger partial charge in [0.25, 0.3) is 0 Å². The molecule has 4 bridgehead atoms. The van der Waals surface area contributed by atoms with E-state index >= 15 is 0 Å². The predicted molar refractivity (Wildman–Crippen MR) is 63.1 cm³/mol. The minimum absolute atomic E-state index is 0.101. The molecule has 0 aliphatic heterocycles. The van der Waals surface area contributed by atoms with Gasteiger partial charge in [-0.1, -0.05) is 25.5 Å². The van der Waals surface area contributed by atoms with E-state index in [0.29, 0.717) is 29.3 Å². The number of hydrogen-bond acceptors (Lipinski definition) is 2. The Morgan fingerprint density at radius 3 is 2.53 bits per heavy atom. The highest BCUT2D eigenvalue weighted by molar-refractivity contribution is 5.98. The fraction of sp³-hybridized carbons (Fsp3) is 0.733. The van der Waals surface area contributed by atoms with Crippen molar-refractivity contribution >= 4 is 11.6 Å². The molecule has 0 aromatic carbocycles. The maximum Gasteiger partial charge on any atom is 0.147 e. The lowest BCUT2D eigenvalue weighted by atomic mass is 9.68. The third kappa shape index (κ3) is 0.989. The van der Waals surface area contributed by atoms with Gasteiger partial charge < -0.3 is 0 Å². The number of carbonyl (C=O) groups is 2. The molecule has 3 saturated carbocycles. The lowest BCUT2D eigenvalue weighted by Gasteiger charge is -2.34. The second-order valence-corrected chi connectivity index (χ2v) is 6.31. The zero-order valence-corrected chi connectivity index (χ0v) is 10.1. The van der Waals surface area contributed by atoms with Crippen molar-refractivity contribution in [2.24, 2.45) is 41.4 Å². The molecule has 0 amide bonds. The number of ketones is 2. The molecule has 4 aliphatic rings. The highest BCUT2D eigenvalue weighted by atomic mass is 16.1. The van der Waals surface area contributed by atoms with Crippen LogP contribution in [-0.2, 0) is 9.59 Å². The van der Waals surface area contributed by atoms with E-state index in [2.05, 4.69) is 19.1 Å². The normalized spacial score (nSPS) is 53.8. The fourth-order valence-electron chi connectivity index (χ4n) is 5.33. The predicted octanol–water partition coefficient (Wildman–Crippen LogP) is 2.24. The Morgan fingerprint density at radius 1 is 1.12 bits per heavy atom. The van der Waals surface area contributed by atoms with Gasteiger partial charge in [-0.15, -0.1) is 0 Å². The topological polar surface area (TPSA) is 34.1 Å². The van der Waals surface area contributed by atoms with Gasteiger partial charge >= 0.3 is 0 Å². The molecule has 3 fully saturated rings. The summed E-state index contributed by atoms with van der Waals surface area (Å²) < 4.78 is 0. The zero-order chi connectivity index (χ0) is 11.7. The number of allylic oxidation sites excluding steroid dienone is 2. The van der Waals surface area contributed by atoms with Crippen LogP contribution in [0.3, 0.4) is 0 Å².